The zero-order chi connectivity index (χ0) is 17.1. The van der Waals surface area contributed by atoms with E-state index in [4.69, 9.17) is 0 Å². The van der Waals surface area contributed by atoms with Crippen LogP contribution in [0, 0.1) is 6.92 Å². The number of rotatable bonds is 3. The number of phenols is 1. The molecule has 0 aromatic heterocycles. The standard InChI is InChI=1S/C19H15BrN2O2/c1-12-6-7-13-4-2-3-5-16(13)18(12)19(24)22-21-11-14-10-15(20)8-9-17(14)23/h2-11,23H,1H3,(H,22,24)/b21-11-. The van der Waals surface area contributed by atoms with Gasteiger partial charge in [0, 0.05) is 10.0 Å². The lowest BCUT2D eigenvalue weighted by Gasteiger charge is -2.08. The Morgan fingerprint density at radius 3 is 2.79 bits per heavy atom. The Bertz CT molecular complexity index is 951. The lowest BCUT2D eigenvalue weighted by molar-refractivity contribution is 0.0956. The smallest absolute Gasteiger partial charge is 0.272 e. The number of hydrazone groups is 1. The van der Waals surface area contributed by atoms with E-state index in [1.807, 2.05) is 43.3 Å². The van der Waals surface area contributed by atoms with Crippen LogP contribution in [-0.4, -0.2) is 17.2 Å². The first-order valence-corrected chi connectivity index (χ1v) is 8.16. The van der Waals surface area contributed by atoms with Crippen LogP contribution in [0.15, 0.2) is 64.2 Å². The molecule has 3 rings (SSSR count). The van der Waals surface area contributed by atoms with E-state index in [1.165, 1.54) is 6.21 Å². The molecule has 0 bridgehead atoms. The van der Waals surface area contributed by atoms with Crippen molar-refractivity contribution in [3.05, 3.63) is 75.8 Å². The van der Waals surface area contributed by atoms with E-state index in [1.54, 1.807) is 18.2 Å². The number of nitrogens with zero attached hydrogens (tertiary/aromatic N) is 1. The number of phenolic OH excluding ortho intramolecular Hbond substituents is 1. The van der Waals surface area contributed by atoms with Crippen molar-refractivity contribution in [3.8, 4) is 5.75 Å². The van der Waals surface area contributed by atoms with Gasteiger partial charge in [0.15, 0.2) is 0 Å². The zero-order valence-corrected chi connectivity index (χ0v) is 14.5. The first-order valence-electron chi connectivity index (χ1n) is 7.36. The number of carbonyl (C=O) groups is 1. The molecule has 0 spiro atoms. The topological polar surface area (TPSA) is 61.7 Å². The lowest BCUT2D eigenvalue weighted by atomic mass is 9.99. The molecule has 120 valence electrons. The molecule has 0 aliphatic rings. The number of hydrogen-bond acceptors (Lipinski definition) is 3. The highest BCUT2D eigenvalue weighted by molar-refractivity contribution is 9.10. The highest BCUT2D eigenvalue weighted by Gasteiger charge is 2.12. The fourth-order valence-corrected chi connectivity index (χ4v) is 2.91. The summed E-state index contributed by atoms with van der Waals surface area (Å²) in [7, 11) is 0. The molecule has 4 nitrogen and oxygen atoms in total. The van der Waals surface area contributed by atoms with Crippen molar-refractivity contribution in [2.75, 3.05) is 0 Å². The molecular formula is C19H15BrN2O2. The largest absolute Gasteiger partial charge is 0.507 e. The molecule has 0 unspecified atom stereocenters. The third-order valence-corrected chi connectivity index (χ3v) is 4.22. The molecule has 0 heterocycles. The van der Waals surface area contributed by atoms with E-state index in [0.717, 1.165) is 20.8 Å². The quantitative estimate of drug-likeness (QED) is 0.521. The molecule has 0 fully saturated rings. The van der Waals surface area contributed by atoms with Gasteiger partial charge in [-0.3, -0.25) is 4.79 Å². The minimum absolute atomic E-state index is 0.0949. The van der Waals surface area contributed by atoms with Crippen LogP contribution in [0.4, 0.5) is 0 Å². The summed E-state index contributed by atoms with van der Waals surface area (Å²) in [5.41, 5.74) is 4.53. The van der Waals surface area contributed by atoms with Crippen molar-refractivity contribution in [1.29, 1.82) is 0 Å². The Balaban J connectivity index is 1.87. The minimum atomic E-state index is -0.282. The monoisotopic (exact) mass is 382 g/mol. The van der Waals surface area contributed by atoms with Gasteiger partial charge in [-0.1, -0.05) is 52.3 Å². The van der Waals surface area contributed by atoms with Gasteiger partial charge in [-0.2, -0.15) is 5.10 Å². The second kappa shape index (κ2) is 6.84. The van der Waals surface area contributed by atoms with Crippen LogP contribution < -0.4 is 5.43 Å². The first-order chi connectivity index (χ1) is 11.6. The Morgan fingerprint density at radius 1 is 1.17 bits per heavy atom. The van der Waals surface area contributed by atoms with Gasteiger partial charge in [-0.05, 0) is 41.5 Å². The van der Waals surface area contributed by atoms with Gasteiger partial charge in [0.05, 0.1) is 11.8 Å². The Morgan fingerprint density at radius 2 is 1.96 bits per heavy atom. The van der Waals surface area contributed by atoms with Crippen molar-refractivity contribution in [1.82, 2.24) is 5.43 Å². The maximum Gasteiger partial charge on any atom is 0.272 e. The van der Waals surface area contributed by atoms with Gasteiger partial charge in [0.1, 0.15) is 5.75 Å². The van der Waals surface area contributed by atoms with Crippen molar-refractivity contribution in [2.45, 2.75) is 6.92 Å². The molecule has 3 aromatic rings. The van der Waals surface area contributed by atoms with Gasteiger partial charge in [-0.25, -0.2) is 5.43 Å². The van der Waals surface area contributed by atoms with Gasteiger partial charge < -0.3 is 5.11 Å². The van der Waals surface area contributed by atoms with E-state index >= 15 is 0 Å². The maximum atomic E-state index is 12.5. The summed E-state index contributed by atoms with van der Waals surface area (Å²) in [6, 6.07) is 16.6. The molecular weight excluding hydrogens is 368 g/mol. The summed E-state index contributed by atoms with van der Waals surface area (Å²) >= 11 is 3.33. The molecule has 0 saturated carbocycles. The summed E-state index contributed by atoms with van der Waals surface area (Å²) in [4.78, 5) is 12.5. The highest BCUT2D eigenvalue weighted by atomic mass is 79.9. The number of halogens is 1. The van der Waals surface area contributed by atoms with E-state index < -0.39 is 0 Å². The Hall–Kier alpha value is -2.66. The number of hydrogen-bond donors (Lipinski definition) is 2. The molecule has 3 aromatic carbocycles. The number of benzene rings is 3. The van der Waals surface area contributed by atoms with Crippen LogP contribution in [-0.2, 0) is 0 Å². The third kappa shape index (κ3) is 3.31. The normalized spacial score (nSPS) is 11.1. The fourth-order valence-electron chi connectivity index (χ4n) is 2.53. The summed E-state index contributed by atoms with van der Waals surface area (Å²) in [6.07, 6.45) is 1.42. The van der Waals surface area contributed by atoms with Gasteiger partial charge in [0.2, 0.25) is 0 Å². The zero-order valence-electron chi connectivity index (χ0n) is 13.0. The van der Waals surface area contributed by atoms with Crippen LogP contribution in [0.1, 0.15) is 21.5 Å². The average molecular weight is 383 g/mol. The summed E-state index contributed by atoms with van der Waals surface area (Å²) in [5, 5.41) is 15.6. The number of aromatic hydroxyl groups is 1. The summed E-state index contributed by atoms with van der Waals surface area (Å²) in [5.74, 6) is -0.187. The maximum absolute atomic E-state index is 12.5. The molecule has 0 aliphatic carbocycles. The van der Waals surface area contributed by atoms with Crippen LogP contribution in [0.3, 0.4) is 0 Å². The van der Waals surface area contributed by atoms with Gasteiger partial charge >= 0.3 is 0 Å². The minimum Gasteiger partial charge on any atom is -0.507 e. The molecule has 0 aliphatic heterocycles. The summed E-state index contributed by atoms with van der Waals surface area (Å²) in [6.45, 7) is 1.89. The molecule has 2 N–H and O–H groups in total. The Kier molecular flexibility index (Phi) is 4.62. The van der Waals surface area contributed by atoms with Gasteiger partial charge in [0.25, 0.3) is 5.91 Å². The van der Waals surface area contributed by atoms with E-state index in [9.17, 15) is 9.90 Å². The molecule has 0 radical (unpaired) electrons. The SMILES string of the molecule is Cc1ccc2ccccc2c1C(=O)N/N=C\c1cc(Br)ccc1O. The van der Waals surface area contributed by atoms with Gasteiger partial charge in [-0.15, -0.1) is 0 Å². The number of nitrogens with one attached hydrogen (secondary N) is 1. The first kappa shape index (κ1) is 16.2. The molecule has 0 atom stereocenters. The van der Waals surface area contributed by atoms with E-state index in [2.05, 4.69) is 26.5 Å². The molecule has 24 heavy (non-hydrogen) atoms. The predicted molar refractivity (Wildman–Crippen MR) is 99.6 cm³/mol. The lowest BCUT2D eigenvalue weighted by Crippen LogP contribution is -2.19. The third-order valence-electron chi connectivity index (χ3n) is 3.72. The summed E-state index contributed by atoms with van der Waals surface area (Å²) < 4.78 is 0.818. The van der Waals surface area contributed by atoms with Crippen molar-refractivity contribution in [3.63, 3.8) is 0 Å². The number of carbonyl (C=O) groups excluding carboxylic acids is 1. The van der Waals surface area contributed by atoms with Crippen LogP contribution in [0.25, 0.3) is 10.8 Å². The molecule has 0 saturated heterocycles. The predicted octanol–water partition coefficient (Wildman–Crippen LogP) is 4.38. The van der Waals surface area contributed by atoms with Crippen molar-refractivity contribution < 1.29 is 9.90 Å². The second-order valence-electron chi connectivity index (χ2n) is 5.38. The second-order valence-corrected chi connectivity index (χ2v) is 6.30. The van der Waals surface area contributed by atoms with E-state index in [-0.39, 0.29) is 11.7 Å². The average Bonchev–Trinajstić information content (AvgIpc) is 2.57. The van der Waals surface area contributed by atoms with Crippen molar-refractivity contribution >= 4 is 38.8 Å². The van der Waals surface area contributed by atoms with Crippen LogP contribution >= 0.6 is 15.9 Å². The van der Waals surface area contributed by atoms with E-state index in [0.29, 0.717) is 11.1 Å². The number of aryl methyl sites for hydroxylation is 1. The number of fused-ring (bicyclic) bond motifs is 1. The molecule has 5 heteroatoms. The fraction of sp³-hybridized carbons (Fsp3) is 0.0526. The molecule has 1 amide bonds. The Labute approximate surface area is 148 Å². The van der Waals surface area contributed by atoms with Crippen molar-refractivity contribution in [2.24, 2.45) is 5.10 Å². The highest BCUT2D eigenvalue weighted by Crippen LogP contribution is 2.22. The van der Waals surface area contributed by atoms with Crippen LogP contribution in [0.2, 0.25) is 0 Å². The number of amides is 1. The van der Waals surface area contributed by atoms with Crippen LogP contribution in [0.5, 0.6) is 5.75 Å².